The summed E-state index contributed by atoms with van der Waals surface area (Å²) in [5.74, 6) is 1.41. The zero-order chi connectivity index (χ0) is 14.1. The summed E-state index contributed by atoms with van der Waals surface area (Å²) in [6, 6.07) is 0.774. The van der Waals surface area contributed by atoms with E-state index in [9.17, 15) is 0 Å². The van der Waals surface area contributed by atoms with Crippen LogP contribution >= 0.6 is 11.3 Å². The van der Waals surface area contributed by atoms with E-state index in [4.69, 9.17) is 4.98 Å². The maximum absolute atomic E-state index is 4.96. The molecule has 20 heavy (non-hydrogen) atoms. The number of nitrogens with one attached hydrogen (secondary N) is 1. The summed E-state index contributed by atoms with van der Waals surface area (Å²) in [6.07, 6.45) is 5.33. The summed E-state index contributed by atoms with van der Waals surface area (Å²) >= 11 is 1.92. The van der Waals surface area contributed by atoms with Crippen LogP contribution in [0.15, 0.2) is 0 Å². The van der Waals surface area contributed by atoms with Gasteiger partial charge in [-0.1, -0.05) is 20.8 Å². The van der Waals surface area contributed by atoms with Crippen LogP contribution in [0.2, 0.25) is 0 Å². The maximum Gasteiger partial charge on any atom is 0.185 e. The zero-order valence-corrected chi connectivity index (χ0v) is 13.8. The van der Waals surface area contributed by atoms with Gasteiger partial charge in [0.25, 0.3) is 0 Å². The van der Waals surface area contributed by atoms with Gasteiger partial charge in [-0.3, -0.25) is 0 Å². The Morgan fingerprint density at radius 3 is 2.55 bits per heavy atom. The summed E-state index contributed by atoms with van der Waals surface area (Å²) in [6.45, 7) is 10.3. The van der Waals surface area contributed by atoms with E-state index < -0.39 is 0 Å². The third kappa shape index (κ3) is 3.34. The summed E-state index contributed by atoms with van der Waals surface area (Å²) in [7, 11) is 0. The molecule has 0 atom stereocenters. The SMILES string of the molecule is CC1CCN(c2nc(C(C)C)c(CNC3CC3)s2)CC1. The first-order chi connectivity index (χ1) is 9.63. The second kappa shape index (κ2) is 6.02. The van der Waals surface area contributed by atoms with Crippen molar-refractivity contribution >= 4 is 16.5 Å². The quantitative estimate of drug-likeness (QED) is 0.896. The van der Waals surface area contributed by atoms with Crippen molar-refractivity contribution in [2.45, 2.75) is 65.0 Å². The number of rotatable bonds is 5. The molecule has 1 aromatic heterocycles. The van der Waals surface area contributed by atoms with E-state index in [1.807, 2.05) is 11.3 Å². The van der Waals surface area contributed by atoms with Crippen molar-refractivity contribution < 1.29 is 0 Å². The Labute approximate surface area is 126 Å². The molecule has 4 heteroatoms. The molecule has 3 rings (SSSR count). The molecule has 2 aliphatic rings. The van der Waals surface area contributed by atoms with Crippen LogP contribution in [0, 0.1) is 5.92 Å². The van der Waals surface area contributed by atoms with Gasteiger partial charge in [-0.15, -0.1) is 11.3 Å². The molecule has 1 aliphatic carbocycles. The minimum atomic E-state index is 0.528. The van der Waals surface area contributed by atoms with Crippen LogP contribution in [0.5, 0.6) is 0 Å². The molecular formula is C16H27N3S. The molecule has 0 amide bonds. The lowest BCUT2D eigenvalue weighted by Crippen LogP contribution is -2.32. The van der Waals surface area contributed by atoms with Crippen LogP contribution in [0.4, 0.5) is 5.13 Å². The molecule has 2 fully saturated rings. The van der Waals surface area contributed by atoms with E-state index in [1.165, 1.54) is 54.5 Å². The van der Waals surface area contributed by atoms with E-state index >= 15 is 0 Å². The Morgan fingerprint density at radius 1 is 1.25 bits per heavy atom. The minimum absolute atomic E-state index is 0.528. The number of nitrogens with zero attached hydrogens (tertiary/aromatic N) is 2. The normalized spacial score (nSPS) is 20.9. The first-order valence-electron chi connectivity index (χ1n) is 8.11. The van der Waals surface area contributed by atoms with Gasteiger partial charge in [-0.2, -0.15) is 0 Å². The molecule has 1 aromatic rings. The van der Waals surface area contributed by atoms with Gasteiger partial charge in [-0.25, -0.2) is 4.98 Å². The number of anilines is 1. The van der Waals surface area contributed by atoms with Gasteiger partial charge in [0.1, 0.15) is 0 Å². The molecule has 1 saturated carbocycles. The second-order valence-electron chi connectivity index (χ2n) is 6.78. The molecule has 112 valence electrons. The standard InChI is InChI=1S/C16H27N3S/c1-11(2)15-14(10-17-13-4-5-13)20-16(18-15)19-8-6-12(3)7-9-19/h11-13,17H,4-10H2,1-3H3. The Kier molecular flexibility index (Phi) is 4.32. The van der Waals surface area contributed by atoms with Crippen LogP contribution in [-0.4, -0.2) is 24.1 Å². The van der Waals surface area contributed by atoms with Crippen LogP contribution in [0.1, 0.15) is 62.9 Å². The Morgan fingerprint density at radius 2 is 1.95 bits per heavy atom. The average molecular weight is 293 g/mol. The van der Waals surface area contributed by atoms with Gasteiger partial charge in [0, 0.05) is 30.6 Å². The molecule has 1 N–H and O–H groups in total. The second-order valence-corrected chi connectivity index (χ2v) is 7.85. The van der Waals surface area contributed by atoms with Crippen LogP contribution < -0.4 is 10.2 Å². The summed E-state index contributed by atoms with van der Waals surface area (Å²) in [5.41, 5.74) is 1.32. The molecule has 0 spiro atoms. The third-order valence-corrected chi connectivity index (χ3v) is 5.58. The fourth-order valence-corrected chi connectivity index (χ4v) is 4.01. The molecule has 3 nitrogen and oxygen atoms in total. The van der Waals surface area contributed by atoms with Crippen molar-refractivity contribution in [3.63, 3.8) is 0 Å². The minimum Gasteiger partial charge on any atom is -0.348 e. The molecule has 1 saturated heterocycles. The molecular weight excluding hydrogens is 266 g/mol. The topological polar surface area (TPSA) is 28.2 Å². The molecule has 2 heterocycles. The first-order valence-corrected chi connectivity index (χ1v) is 8.93. The van der Waals surface area contributed by atoms with E-state index in [-0.39, 0.29) is 0 Å². The summed E-state index contributed by atoms with van der Waals surface area (Å²) in [4.78, 5) is 8.92. The van der Waals surface area contributed by atoms with Crippen LogP contribution in [0.25, 0.3) is 0 Å². The monoisotopic (exact) mass is 293 g/mol. The lowest BCUT2D eigenvalue weighted by atomic mass is 10.00. The highest BCUT2D eigenvalue weighted by Crippen LogP contribution is 2.33. The molecule has 0 aromatic carbocycles. The van der Waals surface area contributed by atoms with E-state index in [2.05, 4.69) is 31.0 Å². The Hall–Kier alpha value is -0.610. The van der Waals surface area contributed by atoms with E-state index in [1.54, 1.807) is 0 Å². The predicted octanol–water partition coefficient (Wildman–Crippen LogP) is 3.75. The van der Waals surface area contributed by atoms with E-state index in [0.717, 1.165) is 18.5 Å². The van der Waals surface area contributed by atoms with Gasteiger partial charge >= 0.3 is 0 Å². The largest absolute Gasteiger partial charge is 0.348 e. The third-order valence-electron chi connectivity index (χ3n) is 4.45. The smallest absolute Gasteiger partial charge is 0.185 e. The molecule has 0 radical (unpaired) electrons. The molecule has 0 unspecified atom stereocenters. The number of thiazole rings is 1. The molecule has 1 aliphatic heterocycles. The van der Waals surface area contributed by atoms with Crippen molar-refractivity contribution in [3.05, 3.63) is 10.6 Å². The highest BCUT2D eigenvalue weighted by atomic mass is 32.1. The van der Waals surface area contributed by atoms with Crippen LogP contribution in [-0.2, 0) is 6.54 Å². The highest BCUT2D eigenvalue weighted by Gasteiger charge is 2.24. The zero-order valence-electron chi connectivity index (χ0n) is 13.0. The number of hydrogen-bond acceptors (Lipinski definition) is 4. The van der Waals surface area contributed by atoms with Crippen molar-refractivity contribution in [1.82, 2.24) is 10.3 Å². The average Bonchev–Trinajstić information content (AvgIpc) is 3.15. The van der Waals surface area contributed by atoms with Gasteiger partial charge in [-0.05, 0) is 37.5 Å². The molecule has 0 bridgehead atoms. The number of aromatic nitrogens is 1. The summed E-state index contributed by atoms with van der Waals surface area (Å²) in [5, 5.41) is 4.90. The Balaban J connectivity index is 1.71. The van der Waals surface area contributed by atoms with Crippen molar-refractivity contribution in [2.75, 3.05) is 18.0 Å². The van der Waals surface area contributed by atoms with Gasteiger partial charge in [0.15, 0.2) is 5.13 Å². The summed E-state index contributed by atoms with van der Waals surface area (Å²) < 4.78 is 0. The van der Waals surface area contributed by atoms with Gasteiger partial charge < -0.3 is 10.2 Å². The van der Waals surface area contributed by atoms with Crippen molar-refractivity contribution in [1.29, 1.82) is 0 Å². The lowest BCUT2D eigenvalue weighted by Gasteiger charge is -2.29. The van der Waals surface area contributed by atoms with Gasteiger partial charge in [0.05, 0.1) is 5.69 Å². The fraction of sp³-hybridized carbons (Fsp3) is 0.812. The number of hydrogen-bond donors (Lipinski definition) is 1. The predicted molar refractivity (Wildman–Crippen MR) is 86.7 cm³/mol. The van der Waals surface area contributed by atoms with Gasteiger partial charge in [0.2, 0.25) is 0 Å². The van der Waals surface area contributed by atoms with Crippen LogP contribution in [0.3, 0.4) is 0 Å². The first kappa shape index (κ1) is 14.3. The maximum atomic E-state index is 4.96. The van der Waals surface area contributed by atoms with Crippen molar-refractivity contribution in [3.8, 4) is 0 Å². The Bertz CT molecular complexity index is 443. The van der Waals surface area contributed by atoms with E-state index in [0.29, 0.717) is 5.92 Å². The fourth-order valence-electron chi connectivity index (χ4n) is 2.79. The highest BCUT2D eigenvalue weighted by molar-refractivity contribution is 7.15. The number of piperidine rings is 1. The van der Waals surface area contributed by atoms with Crippen molar-refractivity contribution in [2.24, 2.45) is 5.92 Å². The lowest BCUT2D eigenvalue weighted by molar-refractivity contribution is 0.438.